The first-order chi connectivity index (χ1) is 12.2. The number of rotatable bonds is 3. The minimum absolute atomic E-state index is 0.376. The standard InChI is InChI=1S/C20H24ClN3O/c1-25-16-9-11-24(12-10-16)20-17-7-2-3-8-18(17)22-19(23-20)14-5-4-6-15(21)13-14/h4-6,13,16H,2-3,7-12H2,1H3. The van der Waals surface area contributed by atoms with Gasteiger partial charge in [-0.2, -0.15) is 0 Å². The highest BCUT2D eigenvalue weighted by molar-refractivity contribution is 6.30. The highest BCUT2D eigenvalue weighted by Crippen LogP contribution is 2.32. The molecule has 132 valence electrons. The average Bonchev–Trinajstić information content (AvgIpc) is 2.67. The van der Waals surface area contributed by atoms with Gasteiger partial charge in [-0.25, -0.2) is 9.97 Å². The van der Waals surface area contributed by atoms with E-state index in [0.717, 1.165) is 61.0 Å². The molecule has 2 heterocycles. The van der Waals surface area contributed by atoms with Crippen molar-refractivity contribution in [3.05, 3.63) is 40.5 Å². The van der Waals surface area contributed by atoms with Crippen LogP contribution in [0.5, 0.6) is 0 Å². The Balaban J connectivity index is 1.73. The number of halogens is 1. The van der Waals surface area contributed by atoms with E-state index < -0.39 is 0 Å². The Kier molecular flexibility index (Phi) is 4.91. The summed E-state index contributed by atoms with van der Waals surface area (Å²) in [6.07, 6.45) is 7.07. The Morgan fingerprint density at radius 2 is 1.92 bits per heavy atom. The second kappa shape index (κ2) is 7.30. The molecule has 0 radical (unpaired) electrons. The van der Waals surface area contributed by atoms with Crippen LogP contribution in [0.3, 0.4) is 0 Å². The second-order valence-corrected chi connectivity index (χ2v) is 7.37. The van der Waals surface area contributed by atoms with Gasteiger partial charge in [0, 0.05) is 42.0 Å². The van der Waals surface area contributed by atoms with Crippen LogP contribution in [0.4, 0.5) is 5.82 Å². The molecule has 0 amide bonds. The molecule has 1 aromatic carbocycles. The van der Waals surface area contributed by atoms with E-state index in [-0.39, 0.29) is 0 Å². The van der Waals surface area contributed by atoms with Crippen molar-refractivity contribution in [2.45, 2.75) is 44.6 Å². The summed E-state index contributed by atoms with van der Waals surface area (Å²) in [6.45, 7) is 1.99. The first kappa shape index (κ1) is 16.8. The van der Waals surface area contributed by atoms with Crippen molar-refractivity contribution in [2.24, 2.45) is 0 Å². The predicted molar refractivity (Wildman–Crippen MR) is 101 cm³/mol. The largest absolute Gasteiger partial charge is 0.381 e. The third kappa shape index (κ3) is 3.51. The SMILES string of the molecule is COC1CCN(c2nc(-c3cccc(Cl)c3)nc3c2CCCC3)CC1. The van der Waals surface area contributed by atoms with E-state index in [4.69, 9.17) is 26.3 Å². The van der Waals surface area contributed by atoms with Crippen molar-refractivity contribution in [3.8, 4) is 11.4 Å². The zero-order valence-corrected chi connectivity index (χ0v) is 15.4. The molecule has 0 unspecified atom stereocenters. The molecule has 0 atom stereocenters. The van der Waals surface area contributed by atoms with Crippen LogP contribution < -0.4 is 4.90 Å². The topological polar surface area (TPSA) is 38.2 Å². The number of methoxy groups -OCH3 is 1. The number of hydrogen-bond acceptors (Lipinski definition) is 4. The lowest BCUT2D eigenvalue weighted by atomic mass is 9.95. The molecule has 5 heteroatoms. The maximum Gasteiger partial charge on any atom is 0.161 e. The van der Waals surface area contributed by atoms with Crippen LogP contribution in [0.25, 0.3) is 11.4 Å². The quantitative estimate of drug-likeness (QED) is 0.821. The molecule has 0 bridgehead atoms. The highest BCUT2D eigenvalue weighted by atomic mass is 35.5. The molecule has 1 fully saturated rings. The fourth-order valence-electron chi connectivity index (χ4n) is 3.90. The maximum absolute atomic E-state index is 6.18. The summed E-state index contributed by atoms with van der Waals surface area (Å²) >= 11 is 6.18. The molecule has 1 aromatic heterocycles. The predicted octanol–water partition coefficient (Wildman–Crippen LogP) is 4.29. The number of piperidine rings is 1. The third-order valence-electron chi connectivity index (χ3n) is 5.32. The number of aromatic nitrogens is 2. The van der Waals surface area contributed by atoms with E-state index >= 15 is 0 Å². The highest BCUT2D eigenvalue weighted by Gasteiger charge is 2.25. The first-order valence-electron chi connectivity index (χ1n) is 9.18. The van der Waals surface area contributed by atoms with E-state index in [1.165, 1.54) is 24.1 Å². The minimum atomic E-state index is 0.376. The van der Waals surface area contributed by atoms with Crippen molar-refractivity contribution in [1.29, 1.82) is 0 Å². The molecule has 2 aliphatic rings. The van der Waals surface area contributed by atoms with Gasteiger partial charge in [0.05, 0.1) is 6.10 Å². The smallest absolute Gasteiger partial charge is 0.161 e. The Bertz CT molecular complexity index is 757. The van der Waals surface area contributed by atoms with Gasteiger partial charge in [0.25, 0.3) is 0 Å². The first-order valence-corrected chi connectivity index (χ1v) is 9.56. The van der Waals surface area contributed by atoms with Gasteiger partial charge in [-0.15, -0.1) is 0 Å². The van der Waals surface area contributed by atoms with Crippen LogP contribution in [0.2, 0.25) is 5.02 Å². The fraction of sp³-hybridized carbons (Fsp3) is 0.500. The molecular formula is C20H24ClN3O. The molecule has 4 rings (SSSR count). The Labute approximate surface area is 154 Å². The number of ether oxygens (including phenoxy) is 1. The van der Waals surface area contributed by atoms with E-state index in [9.17, 15) is 0 Å². The lowest BCUT2D eigenvalue weighted by molar-refractivity contribution is 0.0817. The number of anilines is 1. The lowest BCUT2D eigenvalue weighted by Crippen LogP contribution is -2.38. The van der Waals surface area contributed by atoms with Gasteiger partial charge in [-0.3, -0.25) is 0 Å². The number of hydrogen-bond donors (Lipinski definition) is 0. The number of aryl methyl sites for hydroxylation is 1. The summed E-state index contributed by atoms with van der Waals surface area (Å²) in [6, 6.07) is 7.84. The van der Waals surface area contributed by atoms with Crippen molar-refractivity contribution in [1.82, 2.24) is 9.97 Å². The number of benzene rings is 1. The molecule has 2 aromatic rings. The van der Waals surface area contributed by atoms with Gasteiger partial charge in [-0.05, 0) is 50.7 Å². The van der Waals surface area contributed by atoms with Crippen molar-refractivity contribution >= 4 is 17.4 Å². The van der Waals surface area contributed by atoms with Crippen molar-refractivity contribution < 1.29 is 4.74 Å². The normalized spacial score (nSPS) is 18.2. The summed E-state index contributed by atoms with van der Waals surface area (Å²) in [5, 5.41) is 0.723. The molecule has 4 nitrogen and oxygen atoms in total. The molecule has 0 spiro atoms. The summed E-state index contributed by atoms with van der Waals surface area (Å²) < 4.78 is 5.52. The Hall–Kier alpha value is -1.65. The minimum Gasteiger partial charge on any atom is -0.381 e. The van der Waals surface area contributed by atoms with Gasteiger partial charge in [-0.1, -0.05) is 23.7 Å². The molecule has 1 aliphatic heterocycles. The van der Waals surface area contributed by atoms with Gasteiger partial charge in [0.2, 0.25) is 0 Å². The third-order valence-corrected chi connectivity index (χ3v) is 5.55. The molecule has 1 aliphatic carbocycles. The second-order valence-electron chi connectivity index (χ2n) is 6.94. The van der Waals surface area contributed by atoms with Gasteiger partial charge >= 0.3 is 0 Å². The van der Waals surface area contributed by atoms with E-state index in [1.807, 2.05) is 31.4 Å². The van der Waals surface area contributed by atoms with Crippen LogP contribution in [-0.2, 0) is 17.6 Å². The van der Waals surface area contributed by atoms with Crippen LogP contribution in [0.1, 0.15) is 36.9 Å². The van der Waals surface area contributed by atoms with E-state index in [0.29, 0.717) is 6.10 Å². The number of nitrogens with zero attached hydrogens (tertiary/aromatic N) is 3. The number of fused-ring (bicyclic) bond motifs is 1. The van der Waals surface area contributed by atoms with Crippen LogP contribution in [0.15, 0.2) is 24.3 Å². The molecule has 0 N–H and O–H groups in total. The van der Waals surface area contributed by atoms with Gasteiger partial charge < -0.3 is 9.64 Å². The summed E-state index contributed by atoms with van der Waals surface area (Å²) in [5.74, 6) is 1.93. The van der Waals surface area contributed by atoms with Crippen molar-refractivity contribution in [2.75, 3.05) is 25.1 Å². The Morgan fingerprint density at radius 1 is 1.12 bits per heavy atom. The van der Waals surface area contributed by atoms with E-state index in [1.54, 1.807) is 0 Å². The average molecular weight is 358 g/mol. The lowest BCUT2D eigenvalue weighted by Gasteiger charge is -2.34. The van der Waals surface area contributed by atoms with Gasteiger partial charge in [0.1, 0.15) is 5.82 Å². The summed E-state index contributed by atoms with van der Waals surface area (Å²) in [7, 11) is 1.81. The molecular weight excluding hydrogens is 334 g/mol. The summed E-state index contributed by atoms with van der Waals surface area (Å²) in [5.41, 5.74) is 3.57. The molecule has 0 saturated carbocycles. The van der Waals surface area contributed by atoms with Crippen LogP contribution in [-0.4, -0.2) is 36.3 Å². The van der Waals surface area contributed by atoms with Gasteiger partial charge in [0.15, 0.2) is 5.82 Å². The molecule has 25 heavy (non-hydrogen) atoms. The Morgan fingerprint density at radius 3 is 2.68 bits per heavy atom. The van der Waals surface area contributed by atoms with Crippen LogP contribution >= 0.6 is 11.6 Å². The summed E-state index contributed by atoms with van der Waals surface area (Å²) in [4.78, 5) is 12.3. The molecule has 1 saturated heterocycles. The maximum atomic E-state index is 6.18. The zero-order chi connectivity index (χ0) is 17.2. The van der Waals surface area contributed by atoms with Crippen LogP contribution in [0, 0.1) is 0 Å². The zero-order valence-electron chi connectivity index (χ0n) is 14.7. The van der Waals surface area contributed by atoms with Crippen molar-refractivity contribution in [3.63, 3.8) is 0 Å². The van der Waals surface area contributed by atoms with E-state index in [2.05, 4.69) is 4.90 Å². The fourth-order valence-corrected chi connectivity index (χ4v) is 4.09. The monoisotopic (exact) mass is 357 g/mol.